The molecular weight excluding hydrogens is 358 g/mol. The highest BCUT2D eigenvalue weighted by atomic mass is 16.5. The highest BCUT2D eigenvalue weighted by Crippen LogP contribution is 2.33. The van der Waals surface area contributed by atoms with Gasteiger partial charge in [-0.1, -0.05) is 12.8 Å². The highest BCUT2D eigenvalue weighted by Gasteiger charge is 2.35. The third kappa shape index (κ3) is 3.58. The normalized spacial score (nSPS) is 16.5. The van der Waals surface area contributed by atoms with E-state index >= 15 is 0 Å². The molecule has 2 aliphatic rings. The van der Waals surface area contributed by atoms with Gasteiger partial charge in [-0.3, -0.25) is 14.3 Å². The van der Waals surface area contributed by atoms with Gasteiger partial charge in [-0.05, 0) is 31.9 Å². The summed E-state index contributed by atoms with van der Waals surface area (Å²) >= 11 is 0. The van der Waals surface area contributed by atoms with Crippen LogP contribution in [0.5, 0.6) is 5.88 Å². The van der Waals surface area contributed by atoms with Crippen molar-refractivity contribution in [2.24, 2.45) is 0 Å². The summed E-state index contributed by atoms with van der Waals surface area (Å²) in [7, 11) is 1.55. The van der Waals surface area contributed by atoms with E-state index in [9.17, 15) is 9.59 Å². The Labute approximate surface area is 163 Å². The monoisotopic (exact) mass is 383 g/mol. The number of nitrogens with one attached hydrogen (secondary N) is 1. The van der Waals surface area contributed by atoms with E-state index in [1.807, 2.05) is 24.0 Å². The van der Waals surface area contributed by atoms with E-state index in [0.717, 1.165) is 24.2 Å². The molecule has 3 heterocycles. The second-order valence-corrected chi connectivity index (χ2v) is 7.45. The van der Waals surface area contributed by atoms with Crippen molar-refractivity contribution in [3.63, 3.8) is 0 Å². The SMILES string of the molecule is COc1nc2c(cc1CNC(=O)Cn1ccc(C)n1)C(=O)N(C1CCCC1)C2. The number of hydrogen-bond acceptors (Lipinski definition) is 5. The zero-order chi connectivity index (χ0) is 19.7. The van der Waals surface area contributed by atoms with E-state index in [2.05, 4.69) is 15.4 Å². The molecular formula is C20H25N5O3. The van der Waals surface area contributed by atoms with Crippen molar-refractivity contribution < 1.29 is 14.3 Å². The molecule has 148 valence electrons. The van der Waals surface area contributed by atoms with E-state index in [4.69, 9.17) is 4.74 Å². The summed E-state index contributed by atoms with van der Waals surface area (Å²) in [5, 5.41) is 7.07. The Morgan fingerprint density at radius 1 is 1.36 bits per heavy atom. The molecule has 0 atom stereocenters. The molecule has 0 bridgehead atoms. The van der Waals surface area contributed by atoms with Crippen molar-refractivity contribution in [2.45, 2.75) is 58.3 Å². The molecule has 1 fully saturated rings. The summed E-state index contributed by atoms with van der Waals surface area (Å²) < 4.78 is 7.00. The lowest BCUT2D eigenvalue weighted by Crippen LogP contribution is -2.33. The molecule has 1 aliphatic heterocycles. The van der Waals surface area contributed by atoms with Crippen LogP contribution in [0.1, 0.15) is 53.0 Å². The highest BCUT2D eigenvalue weighted by molar-refractivity contribution is 5.98. The Bertz CT molecular complexity index is 901. The van der Waals surface area contributed by atoms with Crippen molar-refractivity contribution in [1.82, 2.24) is 25.0 Å². The predicted molar refractivity (Wildman–Crippen MR) is 102 cm³/mol. The van der Waals surface area contributed by atoms with E-state index in [1.165, 1.54) is 12.8 Å². The quantitative estimate of drug-likeness (QED) is 0.822. The number of methoxy groups -OCH3 is 1. The van der Waals surface area contributed by atoms with Crippen LogP contribution in [-0.2, 0) is 24.4 Å². The fourth-order valence-corrected chi connectivity index (χ4v) is 4.03. The minimum absolute atomic E-state index is 0.0386. The van der Waals surface area contributed by atoms with Gasteiger partial charge in [-0.2, -0.15) is 5.10 Å². The van der Waals surface area contributed by atoms with Crippen molar-refractivity contribution in [1.29, 1.82) is 0 Å². The standard InChI is InChI=1S/C20H25N5O3/c1-13-7-8-24(23-13)12-18(26)21-10-14-9-16-17(22-19(14)28-2)11-25(20(16)27)15-5-3-4-6-15/h7-9,15H,3-6,10-12H2,1-2H3,(H,21,26). The van der Waals surface area contributed by atoms with Crippen molar-refractivity contribution in [3.05, 3.63) is 40.8 Å². The van der Waals surface area contributed by atoms with E-state index in [1.54, 1.807) is 18.0 Å². The molecule has 0 saturated heterocycles. The number of aromatic nitrogens is 3. The Kier molecular flexibility index (Phi) is 5.02. The zero-order valence-corrected chi connectivity index (χ0v) is 16.3. The molecule has 2 aromatic heterocycles. The third-order valence-electron chi connectivity index (χ3n) is 5.47. The number of carbonyl (C=O) groups excluding carboxylic acids is 2. The molecule has 1 N–H and O–H groups in total. The van der Waals surface area contributed by atoms with Gasteiger partial charge in [0.1, 0.15) is 6.54 Å². The van der Waals surface area contributed by atoms with Crippen molar-refractivity contribution in [3.8, 4) is 5.88 Å². The molecule has 0 radical (unpaired) electrons. The van der Waals surface area contributed by atoms with Crippen LogP contribution in [0.4, 0.5) is 0 Å². The number of nitrogens with zero attached hydrogens (tertiary/aromatic N) is 4. The first kappa shape index (κ1) is 18.5. The minimum Gasteiger partial charge on any atom is -0.481 e. The molecule has 8 heteroatoms. The lowest BCUT2D eigenvalue weighted by molar-refractivity contribution is -0.122. The molecule has 0 unspecified atom stereocenters. The summed E-state index contributed by atoms with van der Waals surface area (Å²) in [5.41, 5.74) is 2.95. The summed E-state index contributed by atoms with van der Waals surface area (Å²) in [6, 6.07) is 3.98. The number of pyridine rings is 1. The second kappa shape index (κ2) is 7.61. The molecule has 0 aromatic carbocycles. The number of ether oxygens (including phenoxy) is 1. The Hall–Kier alpha value is -2.90. The maximum absolute atomic E-state index is 12.9. The fourth-order valence-electron chi connectivity index (χ4n) is 4.03. The molecule has 4 rings (SSSR count). The van der Waals surface area contributed by atoms with Crippen LogP contribution in [0.2, 0.25) is 0 Å². The lowest BCUT2D eigenvalue weighted by Gasteiger charge is -2.22. The number of hydrogen-bond donors (Lipinski definition) is 1. The summed E-state index contributed by atoms with van der Waals surface area (Å²) in [6.07, 6.45) is 6.24. The van der Waals surface area contributed by atoms with Gasteiger partial charge < -0.3 is 15.0 Å². The molecule has 2 amide bonds. The van der Waals surface area contributed by atoms with Crippen LogP contribution in [0, 0.1) is 6.92 Å². The van der Waals surface area contributed by atoms with Crippen LogP contribution in [-0.4, -0.2) is 44.6 Å². The van der Waals surface area contributed by atoms with Crippen LogP contribution in [0.3, 0.4) is 0 Å². The Morgan fingerprint density at radius 2 is 2.14 bits per heavy atom. The van der Waals surface area contributed by atoms with Crippen LogP contribution < -0.4 is 10.1 Å². The van der Waals surface area contributed by atoms with Gasteiger partial charge in [0.15, 0.2) is 0 Å². The van der Waals surface area contributed by atoms with Crippen LogP contribution in [0.15, 0.2) is 18.3 Å². The first-order valence-electron chi connectivity index (χ1n) is 9.69. The lowest BCUT2D eigenvalue weighted by atomic mass is 10.1. The molecule has 28 heavy (non-hydrogen) atoms. The first-order chi connectivity index (χ1) is 13.5. The topological polar surface area (TPSA) is 89.3 Å². The predicted octanol–water partition coefficient (Wildman–Crippen LogP) is 1.81. The smallest absolute Gasteiger partial charge is 0.256 e. The Morgan fingerprint density at radius 3 is 2.82 bits per heavy atom. The van der Waals surface area contributed by atoms with Crippen LogP contribution >= 0.6 is 0 Å². The number of fused-ring (bicyclic) bond motifs is 1. The minimum atomic E-state index is -0.162. The average molecular weight is 383 g/mol. The summed E-state index contributed by atoms with van der Waals surface area (Å²) in [4.78, 5) is 31.6. The van der Waals surface area contributed by atoms with Crippen molar-refractivity contribution >= 4 is 11.8 Å². The maximum atomic E-state index is 12.9. The molecule has 0 spiro atoms. The number of rotatable bonds is 6. The van der Waals surface area contributed by atoms with E-state index < -0.39 is 0 Å². The van der Waals surface area contributed by atoms with Gasteiger partial charge in [0.2, 0.25) is 11.8 Å². The number of carbonyl (C=O) groups is 2. The Balaban J connectivity index is 1.46. The fraction of sp³-hybridized carbons (Fsp3) is 0.500. The molecule has 1 saturated carbocycles. The van der Waals surface area contributed by atoms with Gasteiger partial charge in [-0.15, -0.1) is 0 Å². The largest absolute Gasteiger partial charge is 0.481 e. The van der Waals surface area contributed by atoms with Crippen LogP contribution in [0.25, 0.3) is 0 Å². The van der Waals surface area contributed by atoms with Gasteiger partial charge in [0.05, 0.1) is 30.6 Å². The van der Waals surface area contributed by atoms with Gasteiger partial charge in [-0.25, -0.2) is 4.98 Å². The second-order valence-electron chi connectivity index (χ2n) is 7.45. The summed E-state index contributed by atoms with van der Waals surface area (Å²) in [6.45, 7) is 2.81. The summed E-state index contributed by atoms with van der Waals surface area (Å²) in [5.74, 6) is 0.330. The maximum Gasteiger partial charge on any atom is 0.256 e. The molecule has 1 aliphatic carbocycles. The van der Waals surface area contributed by atoms with Crippen molar-refractivity contribution in [2.75, 3.05) is 7.11 Å². The van der Waals surface area contributed by atoms with E-state index in [-0.39, 0.29) is 24.9 Å². The number of aryl methyl sites for hydroxylation is 1. The van der Waals surface area contributed by atoms with Gasteiger partial charge in [0.25, 0.3) is 5.91 Å². The van der Waals surface area contributed by atoms with Gasteiger partial charge in [0, 0.05) is 24.3 Å². The zero-order valence-electron chi connectivity index (χ0n) is 16.3. The molecule has 8 nitrogen and oxygen atoms in total. The number of amides is 2. The third-order valence-corrected chi connectivity index (χ3v) is 5.47. The van der Waals surface area contributed by atoms with Gasteiger partial charge >= 0.3 is 0 Å². The van der Waals surface area contributed by atoms with E-state index in [0.29, 0.717) is 29.6 Å². The molecule has 2 aromatic rings. The first-order valence-corrected chi connectivity index (χ1v) is 9.69. The average Bonchev–Trinajstić information content (AvgIpc) is 3.41.